The number of amides is 1. The number of hydrazone groups is 1. The van der Waals surface area contributed by atoms with Crippen LogP contribution < -0.4 is 5.43 Å². The molecule has 0 bridgehead atoms. The molecule has 5 nitrogen and oxygen atoms in total. The largest absolute Gasteiger partial charge is 0.309 e. The third-order valence-corrected chi connectivity index (χ3v) is 4.60. The maximum absolute atomic E-state index is 11.6. The van der Waals surface area contributed by atoms with Gasteiger partial charge < -0.3 is 4.57 Å². The third-order valence-electron chi connectivity index (χ3n) is 4.60. The van der Waals surface area contributed by atoms with Crippen LogP contribution in [-0.2, 0) is 4.79 Å². The molecule has 29 heavy (non-hydrogen) atoms. The Balaban J connectivity index is 1.96. The summed E-state index contributed by atoms with van der Waals surface area (Å²) in [6.45, 7) is 0. The van der Waals surface area contributed by atoms with E-state index in [0.29, 0.717) is 0 Å². The van der Waals surface area contributed by atoms with Gasteiger partial charge in [0, 0.05) is 16.6 Å². The minimum atomic E-state index is -0.434. The van der Waals surface area contributed by atoms with Gasteiger partial charge >= 0.3 is 0 Å². The number of hydrogen-bond donors (Lipinski definition) is 1. The Kier molecular flexibility index (Phi) is 5.17. The van der Waals surface area contributed by atoms with Crippen LogP contribution in [-0.4, -0.2) is 16.7 Å². The van der Waals surface area contributed by atoms with E-state index in [0.717, 1.165) is 33.4 Å². The normalized spacial score (nSPS) is 10.9. The van der Waals surface area contributed by atoms with E-state index in [1.807, 2.05) is 60.7 Å². The molecule has 0 saturated heterocycles. The quantitative estimate of drug-likeness (QED) is 0.405. The number of rotatable bonds is 5. The summed E-state index contributed by atoms with van der Waals surface area (Å²) < 4.78 is 2.20. The van der Waals surface area contributed by atoms with Crippen molar-refractivity contribution in [2.45, 2.75) is 6.42 Å². The Morgan fingerprint density at radius 2 is 1.62 bits per heavy atom. The molecular formula is C24H18N4O. The molecule has 1 amide bonds. The predicted molar refractivity (Wildman–Crippen MR) is 115 cm³/mol. The third kappa shape index (κ3) is 3.64. The molecule has 5 heteroatoms. The lowest BCUT2D eigenvalue weighted by Crippen LogP contribution is -2.16. The van der Waals surface area contributed by atoms with Crippen LogP contribution in [0.4, 0.5) is 0 Å². The molecule has 4 aromatic rings. The monoisotopic (exact) mass is 378 g/mol. The summed E-state index contributed by atoms with van der Waals surface area (Å²) >= 11 is 0. The van der Waals surface area contributed by atoms with E-state index in [-0.39, 0.29) is 6.42 Å². The fourth-order valence-corrected chi connectivity index (χ4v) is 3.40. The van der Waals surface area contributed by atoms with Crippen molar-refractivity contribution in [2.75, 3.05) is 0 Å². The van der Waals surface area contributed by atoms with E-state index >= 15 is 0 Å². The van der Waals surface area contributed by atoms with Crippen LogP contribution in [0.15, 0.2) is 90.0 Å². The van der Waals surface area contributed by atoms with Crippen molar-refractivity contribution in [3.8, 4) is 23.0 Å². The maximum Gasteiger partial charge on any atom is 0.254 e. The van der Waals surface area contributed by atoms with Gasteiger partial charge in [-0.1, -0.05) is 66.7 Å². The van der Waals surface area contributed by atoms with Crippen LogP contribution >= 0.6 is 0 Å². The molecule has 140 valence electrons. The summed E-state index contributed by atoms with van der Waals surface area (Å²) in [5, 5.41) is 13.8. The lowest BCUT2D eigenvalue weighted by Gasteiger charge is -2.12. The Hall–Kier alpha value is -4.17. The summed E-state index contributed by atoms with van der Waals surface area (Å²) in [5.74, 6) is -0.434. The Labute approximate surface area is 168 Å². The molecule has 0 spiro atoms. The van der Waals surface area contributed by atoms with Gasteiger partial charge in [0.05, 0.1) is 23.5 Å². The van der Waals surface area contributed by atoms with E-state index < -0.39 is 5.91 Å². The molecule has 0 atom stereocenters. The van der Waals surface area contributed by atoms with Crippen LogP contribution in [0.3, 0.4) is 0 Å². The van der Waals surface area contributed by atoms with Crippen molar-refractivity contribution in [1.82, 2.24) is 9.99 Å². The van der Waals surface area contributed by atoms with Gasteiger partial charge in [-0.2, -0.15) is 10.4 Å². The molecule has 0 saturated carbocycles. The highest BCUT2D eigenvalue weighted by atomic mass is 16.2. The van der Waals surface area contributed by atoms with Gasteiger partial charge in [0.15, 0.2) is 0 Å². The number of carbonyl (C=O) groups excluding carboxylic acids is 1. The van der Waals surface area contributed by atoms with Crippen LogP contribution in [0.25, 0.3) is 27.8 Å². The first kappa shape index (κ1) is 18.2. The number of nitriles is 1. The summed E-state index contributed by atoms with van der Waals surface area (Å²) in [6.07, 6.45) is 1.42. The minimum absolute atomic E-state index is 0.228. The molecule has 0 aliphatic heterocycles. The number of aromatic nitrogens is 1. The van der Waals surface area contributed by atoms with Crippen molar-refractivity contribution < 1.29 is 4.79 Å². The molecular weight excluding hydrogens is 360 g/mol. The highest BCUT2D eigenvalue weighted by molar-refractivity contribution is 6.07. The van der Waals surface area contributed by atoms with Gasteiger partial charge in [-0.3, -0.25) is 4.79 Å². The summed E-state index contributed by atoms with van der Waals surface area (Å²) in [7, 11) is 0. The zero-order valence-corrected chi connectivity index (χ0v) is 15.6. The fraction of sp³-hybridized carbons (Fsp3) is 0.0417. The molecule has 1 aromatic heterocycles. The van der Waals surface area contributed by atoms with Crippen molar-refractivity contribution in [2.24, 2.45) is 5.10 Å². The van der Waals surface area contributed by atoms with Crippen molar-refractivity contribution in [3.05, 3.63) is 90.5 Å². The van der Waals surface area contributed by atoms with Crippen molar-refractivity contribution in [3.63, 3.8) is 0 Å². The first-order valence-corrected chi connectivity index (χ1v) is 9.22. The topological polar surface area (TPSA) is 70.2 Å². The minimum Gasteiger partial charge on any atom is -0.309 e. The predicted octanol–water partition coefficient (Wildman–Crippen LogP) is 4.66. The number of nitrogens with zero attached hydrogens (tertiary/aromatic N) is 3. The van der Waals surface area contributed by atoms with Crippen LogP contribution in [0.5, 0.6) is 0 Å². The number of nitrogens with one attached hydrogen (secondary N) is 1. The van der Waals surface area contributed by atoms with Gasteiger partial charge in [0.25, 0.3) is 5.91 Å². The second-order valence-corrected chi connectivity index (χ2v) is 6.44. The number of hydrogen-bond acceptors (Lipinski definition) is 3. The molecule has 0 aliphatic carbocycles. The van der Waals surface area contributed by atoms with Gasteiger partial charge in [-0.25, -0.2) is 5.43 Å². The van der Waals surface area contributed by atoms with E-state index in [1.54, 1.807) is 6.21 Å². The number of carbonyl (C=O) groups is 1. The van der Waals surface area contributed by atoms with E-state index in [1.165, 1.54) is 0 Å². The summed E-state index contributed by atoms with van der Waals surface area (Å²) in [6, 6.07) is 30.1. The number of fused-ring (bicyclic) bond motifs is 1. The zero-order chi connectivity index (χ0) is 20.1. The average Bonchev–Trinajstić information content (AvgIpc) is 3.10. The van der Waals surface area contributed by atoms with E-state index in [9.17, 15) is 4.79 Å². The Morgan fingerprint density at radius 3 is 2.34 bits per heavy atom. The molecule has 0 aliphatic rings. The van der Waals surface area contributed by atoms with Gasteiger partial charge in [0.1, 0.15) is 6.42 Å². The Morgan fingerprint density at radius 1 is 0.966 bits per heavy atom. The molecule has 0 fully saturated rings. The SMILES string of the molecule is N#CCC(=O)N/N=C/c1c(-c2ccccc2)n(-c2ccccc2)c2ccccc12. The molecule has 1 heterocycles. The summed E-state index contributed by atoms with van der Waals surface area (Å²) in [4.78, 5) is 11.6. The molecule has 4 rings (SSSR count). The average molecular weight is 378 g/mol. The van der Waals surface area contributed by atoms with E-state index in [2.05, 4.69) is 45.4 Å². The highest BCUT2D eigenvalue weighted by Gasteiger charge is 2.18. The van der Waals surface area contributed by atoms with Crippen LogP contribution in [0, 0.1) is 11.3 Å². The van der Waals surface area contributed by atoms with Gasteiger partial charge in [-0.15, -0.1) is 0 Å². The van der Waals surface area contributed by atoms with Gasteiger partial charge in [0.2, 0.25) is 0 Å². The summed E-state index contributed by atoms with van der Waals surface area (Å²) in [5.41, 5.74) is 7.42. The smallest absolute Gasteiger partial charge is 0.254 e. The molecule has 0 radical (unpaired) electrons. The lowest BCUT2D eigenvalue weighted by atomic mass is 10.1. The van der Waals surface area contributed by atoms with Gasteiger partial charge in [-0.05, 0) is 23.8 Å². The molecule has 1 N–H and O–H groups in total. The van der Waals surface area contributed by atoms with E-state index in [4.69, 9.17) is 5.26 Å². The fourth-order valence-electron chi connectivity index (χ4n) is 3.40. The molecule has 0 unspecified atom stereocenters. The standard InChI is InChI=1S/C24H18N4O/c25-16-15-23(29)27-26-17-21-20-13-7-8-14-22(20)28(19-11-5-2-6-12-19)24(21)18-9-3-1-4-10-18/h1-14,17H,15H2,(H,27,29)/b26-17+. The Bertz CT molecular complexity index is 1220. The number of benzene rings is 3. The molecule has 3 aromatic carbocycles. The second kappa shape index (κ2) is 8.24. The second-order valence-electron chi connectivity index (χ2n) is 6.44. The van der Waals surface area contributed by atoms with Crippen LogP contribution in [0.2, 0.25) is 0 Å². The van der Waals surface area contributed by atoms with Crippen molar-refractivity contribution in [1.29, 1.82) is 5.26 Å². The first-order chi connectivity index (χ1) is 14.3. The highest BCUT2D eigenvalue weighted by Crippen LogP contribution is 2.35. The van der Waals surface area contributed by atoms with Crippen molar-refractivity contribution >= 4 is 23.0 Å². The first-order valence-electron chi connectivity index (χ1n) is 9.22. The zero-order valence-electron chi connectivity index (χ0n) is 15.6. The number of para-hydroxylation sites is 2. The maximum atomic E-state index is 11.6. The van der Waals surface area contributed by atoms with Crippen LogP contribution in [0.1, 0.15) is 12.0 Å². The lowest BCUT2D eigenvalue weighted by molar-refractivity contribution is -0.120.